The maximum atomic E-state index is 12.9. The van der Waals surface area contributed by atoms with Crippen LogP contribution in [0, 0.1) is 0 Å². The molecule has 0 bridgehead atoms. The van der Waals surface area contributed by atoms with E-state index < -0.39 is 0 Å². The molecule has 1 spiro atoms. The van der Waals surface area contributed by atoms with Crippen LogP contribution in [0.2, 0.25) is 0 Å². The molecule has 0 aliphatic carbocycles. The van der Waals surface area contributed by atoms with Crippen molar-refractivity contribution in [3.63, 3.8) is 0 Å². The number of anilines is 1. The van der Waals surface area contributed by atoms with E-state index in [9.17, 15) is 9.90 Å². The Morgan fingerprint density at radius 3 is 2.83 bits per heavy atom. The van der Waals surface area contributed by atoms with Crippen molar-refractivity contribution >= 4 is 33.3 Å². The average molecular weight is 423 g/mol. The maximum absolute atomic E-state index is 12.9. The quantitative estimate of drug-likeness (QED) is 0.691. The summed E-state index contributed by atoms with van der Waals surface area (Å²) in [7, 11) is 0. The van der Waals surface area contributed by atoms with Gasteiger partial charge in [0.2, 0.25) is 5.91 Å². The number of hydrogen-bond donors (Lipinski definition) is 1. The predicted octanol–water partition coefficient (Wildman–Crippen LogP) is 3.99. The Morgan fingerprint density at radius 1 is 1.10 bits per heavy atom. The van der Waals surface area contributed by atoms with Gasteiger partial charge in [-0.3, -0.25) is 4.79 Å². The van der Waals surface area contributed by atoms with Gasteiger partial charge in [0.25, 0.3) is 0 Å². The summed E-state index contributed by atoms with van der Waals surface area (Å²) in [4.78, 5) is 26.5. The second kappa shape index (κ2) is 7.87. The zero-order valence-electron chi connectivity index (χ0n) is 17.0. The Kier molecular flexibility index (Phi) is 5.06. The van der Waals surface area contributed by atoms with Crippen molar-refractivity contribution in [1.82, 2.24) is 14.9 Å². The first-order chi connectivity index (χ1) is 14.6. The molecule has 1 amide bonds. The van der Waals surface area contributed by atoms with Crippen LogP contribution >= 0.6 is 11.3 Å². The first-order valence-corrected chi connectivity index (χ1v) is 11.5. The molecule has 2 aromatic heterocycles. The predicted molar refractivity (Wildman–Crippen MR) is 119 cm³/mol. The lowest BCUT2D eigenvalue weighted by Gasteiger charge is -2.39. The van der Waals surface area contributed by atoms with Gasteiger partial charge in [-0.25, -0.2) is 9.97 Å². The van der Waals surface area contributed by atoms with E-state index in [1.807, 2.05) is 11.0 Å². The van der Waals surface area contributed by atoms with Crippen LogP contribution in [0.4, 0.5) is 5.82 Å². The number of phenolic OH excluding ortho intramolecular Hbond substituents is 1. The molecule has 30 heavy (non-hydrogen) atoms. The second-order valence-corrected chi connectivity index (χ2v) is 9.31. The molecule has 2 aliphatic rings. The summed E-state index contributed by atoms with van der Waals surface area (Å²) in [6.45, 7) is 2.58. The van der Waals surface area contributed by atoms with Gasteiger partial charge in [-0.15, -0.1) is 11.3 Å². The molecule has 156 valence electrons. The lowest BCUT2D eigenvalue weighted by Crippen LogP contribution is -2.45. The highest BCUT2D eigenvalue weighted by Gasteiger charge is 2.43. The average Bonchev–Trinajstić information content (AvgIpc) is 3.31. The first-order valence-electron chi connectivity index (χ1n) is 10.7. The molecule has 2 fully saturated rings. The molecular weight excluding hydrogens is 396 g/mol. The Bertz CT molecular complexity index is 1070. The lowest BCUT2D eigenvalue weighted by molar-refractivity contribution is -0.130. The molecule has 1 atom stereocenters. The lowest BCUT2D eigenvalue weighted by atomic mass is 9.87. The molecule has 1 N–H and O–H groups in total. The number of carbonyl (C=O) groups is 1. The number of rotatable bonds is 3. The molecule has 6 nitrogen and oxygen atoms in total. The molecule has 0 radical (unpaired) electrons. The van der Waals surface area contributed by atoms with E-state index >= 15 is 0 Å². The van der Waals surface area contributed by atoms with Crippen molar-refractivity contribution in [1.29, 1.82) is 0 Å². The van der Waals surface area contributed by atoms with Crippen molar-refractivity contribution in [2.75, 3.05) is 24.5 Å². The monoisotopic (exact) mass is 422 g/mol. The molecule has 1 aromatic carbocycles. The molecule has 0 saturated carbocycles. The van der Waals surface area contributed by atoms with Crippen LogP contribution in [0.3, 0.4) is 0 Å². The number of fused-ring (bicyclic) bond motifs is 1. The fourth-order valence-electron chi connectivity index (χ4n) is 5.14. The normalized spacial score (nSPS) is 22.0. The molecule has 4 heterocycles. The van der Waals surface area contributed by atoms with Crippen molar-refractivity contribution in [2.24, 2.45) is 0 Å². The summed E-state index contributed by atoms with van der Waals surface area (Å²) < 4.78 is 1.17. The molecule has 1 unspecified atom stereocenters. The topological polar surface area (TPSA) is 69.6 Å². The summed E-state index contributed by atoms with van der Waals surface area (Å²) in [5, 5.41) is 11.8. The number of amides is 1. The van der Waals surface area contributed by atoms with E-state index in [2.05, 4.69) is 26.3 Å². The largest absolute Gasteiger partial charge is 0.508 e. The third kappa shape index (κ3) is 3.51. The maximum Gasteiger partial charge on any atom is 0.226 e. The van der Waals surface area contributed by atoms with Gasteiger partial charge in [0.05, 0.1) is 16.6 Å². The van der Waals surface area contributed by atoms with Crippen LogP contribution in [-0.2, 0) is 11.2 Å². The SMILES string of the molecule is O=C(Cc1cccc(O)c1)N1CCCC2(CCCN2c2ncnc3ccsc23)CC1. The summed E-state index contributed by atoms with van der Waals surface area (Å²) in [5.74, 6) is 1.42. The Balaban J connectivity index is 1.34. The zero-order valence-corrected chi connectivity index (χ0v) is 17.8. The van der Waals surface area contributed by atoms with E-state index in [0.717, 1.165) is 68.6 Å². The van der Waals surface area contributed by atoms with Gasteiger partial charge in [0, 0.05) is 25.2 Å². The van der Waals surface area contributed by atoms with Crippen LogP contribution in [0.25, 0.3) is 10.2 Å². The molecule has 7 heteroatoms. The first kappa shape index (κ1) is 19.3. The second-order valence-electron chi connectivity index (χ2n) is 8.39. The fraction of sp³-hybridized carbons (Fsp3) is 0.435. The summed E-state index contributed by atoms with van der Waals surface area (Å²) in [5.41, 5.74) is 1.96. The van der Waals surface area contributed by atoms with Gasteiger partial charge in [0.15, 0.2) is 0 Å². The summed E-state index contributed by atoms with van der Waals surface area (Å²) in [6.07, 6.45) is 7.38. The Hall–Kier alpha value is -2.67. The van der Waals surface area contributed by atoms with Gasteiger partial charge in [-0.1, -0.05) is 12.1 Å². The Morgan fingerprint density at radius 2 is 1.97 bits per heavy atom. The number of benzene rings is 1. The third-order valence-corrected chi connectivity index (χ3v) is 7.51. The highest BCUT2D eigenvalue weighted by atomic mass is 32.1. The minimum Gasteiger partial charge on any atom is -0.508 e. The van der Waals surface area contributed by atoms with Gasteiger partial charge in [0.1, 0.15) is 17.9 Å². The third-order valence-electron chi connectivity index (χ3n) is 6.61. The smallest absolute Gasteiger partial charge is 0.226 e. The van der Waals surface area contributed by atoms with Crippen molar-refractivity contribution in [3.05, 3.63) is 47.6 Å². The molecule has 2 aliphatic heterocycles. The number of nitrogens with zero attached hydrogens (tertiary/aromatic N) is 4. The van der Waals surface area contributed by atoms with Gasteiger partial charge in [-0.05, 0) is 61.2 Å². The molecule has 2 saturated heterocycles. The van der Waals surface area contributed by atoms with Crippen LogP contribution in [0.1, 0.15) is 37.7 Å². The van der Waals surface area contributed by atoms with Gasteiger partial charge >= 0.3 is 0 Å². The highest BCUT2D eigenvalue weighted by Crippen LogP contribution is 2.43. The van der Waals surface area contributed by atoms with E-state index in [0.29, 0.717) is 6.42 Å². The van der Waals surface area contributed by atoms with Crippen LogP contribution in [0.5, 0.6) is 5.75 Å². The highest BCUT2D eigenvalue weighted by molar-refractivity contribution is 7.17. The van der Waals surface area contributed by atoms with E-state index in [1.54, 1.807) is 35.9 Å². The Labute approximate surface area is 180 Å². The van der Waals surface area contributed by atoms with Gasteiger partial charge in [-0.2, -0.15) is 0 Å². The van der Waals surface area contributed by atoms with Crippen molar-refractivity contribution in [3.8, 4) is 5.75 Å². The summed E-state index contributed by atoms with van der Waals surface area (Å²) in [6, 6.07) is 9.06. The van der Waals surface area contributed by atoms with Crippen LogP contribution in [0.15, 0.2) is 42.0 Å². The number of hydrogen-bond acceptors (Lipinski definition) is 6. The minimum atomic E-state index is 0.0747. The molecule has 5 rings (SSSR count). The van der Waals surface area contributed by atoms with E-state index in [-0.39, 0.29) is 17.2 Å². The number of aromatic nitrogens is 2. The number of phenols is 1. The zero-order chi connectivity index (χ0) is 20.6. The van der Waals surface area contributed by atoms with Crippen molar-refractivity contribution < 1.29 is 9.90 Å². The summed E-state index contributed by atoms with van der Waals surface area (Å²) >= 11 is 1.71. The van der Waals surface area contributed by atoms with Crippen LogP contribution < -0.4 is 4.90 Å². The molecule has 3 aromatic rings. The number of aromatic hydroxyl groups is 1. The van der Waals surface area contributed by atoms with Crippen molar-refractivity contribution in [2.45, 2.75) is 44.1 Å². The fourth-order valence-corrected chi connectivity index (χ4v) is 5.98. The standard InChI is InChI=1S/C23H26N4O2S/c28-18-5-1-4-17(14-18)15-20(29)26-10-2-7-23(9-12-26)8-3-11-27(23)22-21-19(6-13-30-21)24-16-25-22/h1,4-6,13-14,16,28H,2-3,7-12,15H2. The van der Waals surface area contributed by atoms with Gasteiger partial charge < -0.3 is 14.9 Å². The number of carbonyl (C=O) groups excluding carboxylic acids is 1. The van der Waals surface area contributed by atoms with E-state index in [1.165, 1.54) is 4.70 Å². The van der Waals surface area contributed by atoms with Crippen LogP contribution in [-0.4, -0.2) is 51.1 Å². The number of thiophene rings is 1. The number of likely N-dealkylation sites (tertiary alicyclic amines) is 1. The minimum absolute atomic E-state index is 0.0747. The van der Waals surface area contributed by atoms with E-state index in [4.69, 9.17) is 0 Å². The molecular formula is C23H26N4O2S.